The number of nitrogens with one attached hydrogen (secondary N) is 2. The van der Waals surface area contributed by atoms with Crippen molar-refractivity contribution in [2.24, 2.45) is 17.6 Å². The van der Waals surface area contributed by atoms with Gasteiger partial charge in [0.15, 0.2) is 0 Å². The topological polar surface area (TPSA) is 84.2 Å². The van der Waals surface area contributed by atoms with Crippen LogP contribution in [0, 0.1) is 11.8 Å². The Morgan fingerprint density at radius 3 is 2.59 bits per heavy atom. The zero-order valence-electron chi connectivity index (χ0n) is 13.1. The van der Waals surface area contributed by atoms with E-state index in [1.807, 2.05) is 24.3 Å². The van der Waals surface area contributed by atoms with E-state index < -0.39 is 0 Å². The highest BCUT2D eigenvalue weighted by Crippen LogP contribution is 2.30. The second kappa shape index (κ2) is 7.94. The zero-order chi connectivity index (χ0) is 15.9. The van der Waals surface area contributed by atoms with Crippen LogP contribution in [0.15, 0.2) is 24.3 Å². The second-order valence-corrected chi connectivity index (χ2v) is 5.95. The van der Waals surface area contributed by atoms with Gasteiger partial charge >= 0.3 is 0 Å². The molecule has 0 aromatic heterocycles. The lowest BCUT2D eigenvalue weighted by atomic mass is 9.95. The molecule has 0 saturated heterocycles. The minimum absolute atomic E-state index is 0.0777. The van der Waals surface area contributed by atoms with Gasteiger partial charge in [0.05, 0.1) is 0 Å². The Hall–Kier alpha value is -1.88. The summed E-state index contributed by atoms with van der Waals surface area (Å²) in [6.45, 7) is 2.72. The Morgan fingerprint density at radius 2 is 1.95 bits per heavy atom. The summed E-state index contributed by atoms with van der Waals surface area (Å²) in [7, 11) is 0. The van der Waals surface area contributed by atoms with Gasteiger partial charge in [-0.3, -0.25) is 9.59 Å². The first-order valence-corrected chi connectivity index (χ1v) is 7.94. The summed E-state index contributed by atoms with van der Waals surface area (Å²) in [4.78, 5) is 23.1. The predicted octanol–water partition coefficient (Wildman–Crippen LogP) is 1.68. The molecule has 120 valence electrons. The molecule has 0 unspecified atom stereocenters. The van der Waals surface area contributed by atoms with Crippen LogP contribution in [0.3, 0.4) is 0 Å². The fourth-order valence-electron chi connectivity index (χ4n) is 3.08. The van der Waals surface area contributed by atoms with Crippen LogP contribution in [-0.2, 0) is 16.0 Å². The van der Waals surface area contributed by atoms with Crippen LogP contribution < -0.4 is 16.4 Å². The molecule has 0 radical (unpaired) electrons. The van der Waals surface area contributed by atoms with Crippen LogP contribution in [0.2, 0.25) is 0 Å². The molecule has 4 N–H and O–H groups in total. The Kier molecular flexibility index (Phi) is 5.95. The summed E-state index contributed by atoms with van der Waals surface area (Å²) in [5.74, 6) is 0.498. The summed E-state index contributed by atoms with van der Waals surface area (Å²) in [5.41, 5.74) is 7.64. The molecular formula is C17H25N3O2. The number of benzene rings is 1. The van der Waals surface area contributed by atoms with Crippen molar-refractivity contribution < 1.29 is 9.59 Å². The first-order chi connectivity index (χ1) is 10.6. The molecule has 0 heterocycles. The van der Waals surface area contributed by atoms with Crippen LogP contribution in [0.25, 0.3) is 0 Å². The number of rotatable bonds is 6. The van der Waals surface area contributed by atoms with Gasteiger partial charge in [-0.25, -0.2) is 0 Å². The molecule has 1 fully saturated rings. The number of hydrogen-bond acceptors (Lipinski definition) is 3. The molecule has 1 saturated carbocycles. The van der Waals surface area contributed by atoms with Gasteiger partial charge < -0.3 is 16.4 Å². The molecule has 2 atom stereocenters. The highest BCUT2D eigenvalue weighted by Gasteiger charge is 2.31. The molecule has 1 aliphatic rings. The molecular weight excluding hydrogens is 278 g/mol. The monoisotopic (exact) mass is 303 g/mol. The standard InChI is InChI=1S/C17H25N3O2/c1-12(21)20-15-7-5-13(6-8-15)9-10-19-17(22)16-4-2-3-14(16)11-18/h5-8,14,16H,2-4,9-11,18H2,1H3,(H,19,22)(H,20,21)/t14-,16-/m1/s1. The van der Waals surface area contributed by atoms with Crippen molar-refractivity contribution >= 4 is 17.5 Å². The number of hydrogen-bond donors (Lipinski definition) is 3. The Bertz CT molecular complexity index is 513. The van der Waals surface area contributed by atoms with Crippen LogP contribution in [0.4, 0.5) is 5.69 Å². The molecule has 2 rings (SSSR count). The molecule has 5 heteroatoms. The van der Waals surface area contributed by atoms with Crippen LogP contribution >= 0.6 is 0 Å². The first kappa shape index (κ1) is 16.5. The normalized spacial score (nSPS) is 20.6. The Morgan fingerprint density at radius 1 is 1.23 bits per heavy atom. The van der Waals surface area contributed by atoms with Crippen molar-refractivity contribution in [2.75, 3.05) is 18.4 Å². The van der Waals surface area contributed by atoms with Gasteiger partial charge in [0.25, 0.3) is 0 Å². The van der Waals surface area contributed by atoms with E-state index in [0.29, 0.717) is 19.0 Å². The molecule has 5 nitrogen and oxygen atoms in total. The molecule has 0 aliphatic heterocycles. The fourth-order valence-corrected chi connectivity index (χ4v) is 3.08. The smallest absolute Gasteiger partial charge is 0.223 e. The molecule has 0 spiro atoms. The summed E-state index contributed by atoms with van der Waals surface area (Å²) in [6.07, 6.45) is 3.91. The Balaban J connectivity index is 1.76. The summed E-state index contributed by atoms with van der Waals surface area (Å²) in [6, 6.07) is 7.69. The van der Waals surface area contributed by atoms with Crippen LogP contribution in [-0.4, -0.2) is 24.9 Å². The van der Waals surface area contributed by atoms with Crippen molar-refractivity contribution in [1.82, 2.24) is 5.32 Å². The maximum absolute atomic E-state index is 12.2. The lowest BCUT2D eigenvalue weighted by Crippen LogP contribution is -2.36. The summed E-state index contributed by atoms with van der Waals surface area (Å²) in [5, 5.41) is 5.75. The van der Waals surface area contributed by atoms with Gasteiger partial charge in [-0.05, 0) is 49.4 Å². The van der Waals surface area contributed by atoms with Crippen molar-refractivity contribution in [3.63, 3.8) is 0 Å². The molecule has 1 aromatic rings. The number of anilines is 1. The lowest BCUT2D eigenvalue weighted by molar-refractivity contribution is -0.125. The number of carbonyl (C=O) groups is 2. The Labute approximate surface area is 131 Å². The highest BCUT2D eigenvalue weighted by molar-refractivity contribution is 5.88. The molecule has 22 heavy (non-hydrogen) atoms. The third-order valence-corrected chi connectivity index (χ3v) is 4.29. The number of amides is 2. The maximum Gasteiger partial charge on any atom is 0.223 e. The van der Waals surface area contributed by atoms with Crippen molar-refractivity contribution in [1.29, 1.82) is 0 Å². The average molecular weight is 303 g/mol. The van der Waals surface area contributed by atoms with Gasteiger partial charge in [0.2, 0.25) is 11.8 Å². The number of carbonyl (C=O) groups excluding carboxylic acids is 2. The zero-order valence-corrected chi connectivity index (χ0v) is 13.1. The SMILES string of the molecule is CC(=O)Nc1ccc(CCNC(=O)[C@@H]2CCC[C@@H]2CN)cc1. The van der Waals surface area contributed by atoms with Crippen molar-refractivity contribution in [3.8, 4) is 0 Å². The second-order valence-electron chi connectivity index (χ2n) is 5.95. The predicted molar refractivity (Wildman–Crippen MR) is 87.3 cm³/mol. The fraction of sp³-hybridized carbons (Fsp3) is 0.529. The highest BCUT2D eigenvalue weighted by atomic mass is 16.2. The van der Waals surface area contributed by atoms with Gasteiger partial charge in [-0.2, -0.15) is 0 Å². The lowest BCUT2D eigenvalue weighted by Gasteiger charge is -2.17. The van der Waals surface area contributed by atoms with E-state index in [9.17, 15) is 9.59 Å². The largest absolute Gasteiger partial charge is 0.356 e. The van der Waals surface area contributed by atoms with E-state index in [-0.39, 0.29) is 17.7 Å². The van der Waals surface area contributed by atoms with Crippen LogP contribution in [0.1, 0.15) is 31.7 Å². The van der Waals surface area contributed by atoms with E-state index in [1.165, 1.54) is 6.92 Å². The molecule has 1 aromatic carbocycles. The van der Waals surface area contributed by atoms with Crippen molar-refractivity contribution in [2.45, 2.75) is 32.6 Å². The quantitative estimate of drug-likeness (QED) is 0.747. The van der Waals surface area contributed by atoms with E-state index in [2.05, 4.69) is 10.6 Å². The molecule has 0 bridgehead atoms. The first-order valence-electron chi connectivity index (χ1n) is 7.94. The number of nitrogens with two attached hydrogens (primary N) is 1. The van der Waals surface area contributed by atoms with E-state index >= 15 is 0 Å². The van der Waals surface area contributed by atoms with E-state index in [4.69, 9.17) is 5.73 Å². The molecule has 1 aliphatic carbocycles. The van der Waals surface area contributed by atoms with E-state index in [1.54, 1.807) is 0 Å². The summed E-state index contributed by atoms with van der Waals surface area (Å²) < 4.78 is 0. The third-order valence-electron chi connectivity index (χ3n) is 4.29. The summed E-state index contributed by atoms with van der Waals surface area (Å²) >= 11 is 0. The minimum atomic E-state index is -0.0777. The minimum Gasteiger partial charge on any atom is -0.356 e. The average Bonchev–Trinajstić information content (AvgIpc) is 2.97. The maximum atomic E-state index is 12.2. The van der Waals surface area contributed by atoms with Gasteiger partial charge in [-0.15, -0.1) is 0 Å². The third kappa shape index (κ3) is 4.56. The molecule has 2 amide bonds. The van der Waals surface area contributed by atoms with Gasteiger partial charge in [-0.1, -0.05) is 18.6 Å². The van der Waals surface area contributed by atoms with E-state index in [0.717, 1.165) is 36.9 Å². The van der Waals surface area contributed by atoms with Crippen LogP contribution in [0.5, 0.6) is 0 Å². The van der Waals surface area contributed by atoms with Crippen molar-refractivity contribution in [3.05, 3.63) is 29.8 Å². The van der Waals surface area contributed by atoms with Gasteiger partial charge in [0.1, 0.15) is 0 Å². The van der Waals surface area contributed by atoms with Gasteiger partial charge in [0, 0.05) is 25.1 Å².